The smallest absolute Gasteiger partial charge is 0.189 e. The molecule has 5 nitrogen and oxygen atoms in total. The van der Waals surface area contributed by atoms with E-state index in [9.17, 15) is 0 Å². The first-order chi connectivity index (χ1) is 11.1. The van der Waals surface area contributed by atoms with Crippen LogP contribution in [0.25, 0.3) is 0 Å². The van der Waals surface area contributed by atoms with E-state index in [-0.39, 0.29) is 24.0 Å². The number of nitrogens with two attached hydrogens (primary N) is 1. The number of hydrogen-bond acceptors (Lipinski definition) is 3. The summed E-state index contributed by atoms with van der Waals surface area (Å²) >= 11 is 0. The molecule has 0 aliphatic heterocycles. The van der Waals surface area contributed by atoms with Crippen molar-refractivity contribution in [3.8, 4) is 11.5 Å². The van der Waals surface area contributed by atoms with Crippen molar-refractivity contribution in [1.29, 1.82) is 0 Å². The lowest BCUT2D eigenvalue weighted by Crippen LogP contribution is -2.32. The average Bonchev–Trinajstić information content (AvgIpc) is 3.04. The van der Waals surface area contributed by atoms with E-state index in [1.165, 1.54) is 12.8 Å². The predicted molar refractivity (Wildman–Crippen MR) is 109 cm³/mol. The molecule has 0 radical (unpaired) electrons. The quantitative estimate of drug-likeness (QED) is 0.291. The van der Waals surface area contributed by atoms with Gasteiger partial charge in [0.15, 0.2) is 17.5 Å². The third-order valence-electron chi connectivity index (χ3n) is 3.83. The van der Waals surface area contributed by atoms with Gasteiger partial charge in [-0.2, -0.15) is 0 Å². The lowest BCUT2D eigenvalue weighted by atomic mass is 10.2. The highest BCUT2D eigenvalue weighted by Crippen LogP contribution is 2.32. The Labute approximate surface area is 161 Å². The van der Waals surface area contributed by atoms with Gasteiger partial charge in [0.2, 0.25) is 0 Å². The van der Waals surface area contributed by atoms with Crippen LogP contribution < -0.4 is 20.5 Å². The van der Waals surface area contributed by atoms with Crippen LogP contribution in [-0.4, -0.2) is 25.7 Å². The Balaban J connectivity index is 0.00000288. The Bertz CT molecular complexity index is 569. The number of ether oxygens (including phenoxy) is 2. The molecule has 1 aromatic rings. The van der Waals surface area contributed by atoms with Crippen LogP contribution in [0, 0.1) is 0 Å². The van der Waals surface area contributed by atoms with Gasteiger partial charge in [-0.25, -0.2) is 4.99 Å². The van der Waals surface area contributed by atoms with Crippen molar-refractivity contribution in [3.05, 3.63) is 35.9 Å². The van der Waals surface area contributed by atoms with Gasteiger partial charge in [-0.3, -0.25) is 0 Å². The van der Waals surface area contributed by atoms with Gasteiger partial charge in [-0.05, 0) is 50.3 Å². The van der Waals surface area contributed by atoms with Gasteiger partial charge in [-0.15, -0.1) is 24.0 Å². The van der Waals surface area contributed by atoms with Gasteiger partial charge in [0.25, 0.3) is 0 Å². The number of rotatable bonds is 7. The molecule has 6 heteroatoms. The summed E-state index contributed by atoms with van der Waals surface area (Å²) in [6.07, 6.45) is 5.00. The van der Waals surface area contributed by atoms with Gasteiger partial charge in [0, 0.05) is 6.54 Å². The number of nitrogens with one attached hydrogen (secondary N) is 1. The van der Waals surface area contributed by atoms with Crippen molar-refractivity contribution in [1.82, 2.24) is 5.32 Å². The second-order valence-corrected chi connectivity index (χ2v) is 6.02. The van der Waals surface area contributed by atoms with Crippen molar-refractivity contribution in [3.63, 3.8) is 0 Å². The maximum absolute atomic E-state index is 6.09. The fraction of sp³-hybridized carbons (Fsp3) is 0.500. The summed E-state index contributed by atoms with van der Waals surface area (Å²) in [5, 5.41) is 3.02. The van der Waals surface area contributed by atoms with Crippen LogP contribution in [0.3, 0.4) is 0 Å². The van der Waals surface area contributed by atoms with Crippen LogP contribution in [0.4, 0.5) is 0 Å². The van der Waals surface area contributed by atoms with Crippen LogP contribution in [-0.2, 0) is 6.54 Å². The fourth-order valence-electron chi connectivity index (χ4n) is 2.57. The highest BCUT2D eigenvalue weighted by molar-refractivity contribution is 14.0. The van der Waals surface area contributed by atoms with Crippen LogP contribution >= 0.6 is 24.0 Å². The number of hydrogen-bond donors (Lipinski definition) is 2. The van der Waals surface area contributed by atoms with E-state index in [1.807, 2.05) is 25.1 Å². The summed E-state index contributed by atoms with van der Waals surface area (Å²) in [7, 11) is 1.66. The Morgan fingerprint density at radius 3 is 2.67 bits per heavy atom. The number of guanidine groups is 1. The van der Waals surface area contributed by atoms with E-state index in [0.717, 1.165) is 35.5 Å². The van der Waals surface area contributed by atoms with Crippen LogP contribution in [0.5, 0.6) is 11.5 Å². The minimum atomic E-state index is 0. The van der Waals surface area contributed by atoms with E-state index in [4.69, 9.17) is 15.2 Å². The monoisotopic (exact) mass is 445 g/mol. The summed E-state index contributed by atoms with van der Waals surface area (Å²) in [4.78, 5) is 4.34. The fourth-order valence-corrected chi connectivity index (χ4v) is 2.57. The Hall–Kier alpha value is -1.44. The molecule has 0 unspecified atom stereocenters. The lowest BCUT2D eigenvalue weighted by Gasteiger charge is -2.16. The Kier molecular flexibility index (Phi) is 8.95. The molecule has 1 fully saturated rings. The maximum atomic E-state index is 6.09. The first-order valence-electron chi connectivity index (χ1n) is 8.10. The van der Waals surface area contributed by atoms with E-state index in [1.54, 1.807) is 7.11 Å². The molecule has 1 aliphatic carbocycles. The predicted octanol–water partition coefficient (Wildman–Crippen LogP) is 3.62. The molecule has 0 bridgehead atoms. The standard InChI is InChI=1S/C18H27N3O2.HI/c1-13(2)11-20-18(19)21-12-14-8-9-16(22-3)17(10-14)23-15-6-4-5-7-15;/h8-10,15H,1,4-7,11-12H2,2-3H3,(H3,19,20,21);1H. The summed E-state index contributed by atoms with van der Waals surface area (Å²) in [5.74, 6) is 1.97. The number of benzene rings is 1. The van der Waals surface area contributed by atoms with Gasteiger partial charge in [0.05, 0.1) is 19.8 Å². The molecule has 1 saturated carbocycles. The summed E-state index contributed by atoms with van der Waals surface area (Å²) < 4.78 is 11.5. The molecular formula is C18H28IN3O2. The van der Waals surface area contributed by atoms with Crippen LogP contribution in [0.1, 0.15) is 38.2 Å². The van der Waals surface area contributed by atoms with E-state index < -0.39 is 0 Å². The zero-order valence-corrected chi connectivity index (χ0v) is 16.8. The zero-order chi connectivity index (χ0) is 16.7. The number of methoxy groups -OCH3 is 1. The van der Waals surface area contributed by atoms with E-state index in [2.05, 4.69) is 16.9 Å². The average molecular weight is 445 g/mol. The number of aliphatic imine (C=N–C) groups is 1. The summed E-state index contributed by atoms with van der Waals surface area (Å²) in [6.45, 7) is 6.90. The molecule has 2 rings (SSSR count). The second kappa shape index (κ2) is 10.4. The van der Waals surface area contributed by atoms with Gasteiger partial charge >= 0.3 is 0 Å². The third kappa shape index (κ3) is 6.59. The van der Waals surface area contributed by atoms with Gasteiger partial charge < -0.3 is 20.5 Å². The normalized spacial score (nSPS) is 14.8. The highest BCUT2D eigenvalue weighted by atomic mass is 127. The Morgan fingerprint density at radius 1 is 1.33 bits per heavy atom. The number of halogens is 1. The van der Waals surface area contributed by atoms with Crippen molar-refractivity contribution >= 4 is 29.9 Å². The first kappa shape index (κ1) is 20.6. The van der Waals surface area contributed by atoms with Gasteiger partial charge in [0.1, 0.15) is 0 Å². The largest absolute Gasteiger partial charge is 0.493 e. The molecule has 134 valence electrons. The molecular weight excluding hydrogens is 417 g/mol. The molecule has 3 N–H and O–H groups in total. The zero-order valence-electron chi connectivity index (χ0n) is 14.5. The minimum Gasteiger partial charge on any atom is -0.493 e. The third-order valence-corrected chi connectivity index (χ3v) is 3.83. The van der Waals surface area contributed by atoms with Crippen molar-refractivity contribution < 1.29 is 9.47 Å². The lowest BCUT2D eigenvalue weighted by molar-refractivity contribution is 0.200. The molecule has 1 aliphatic rings. The molecule has 0 aromatic heterocycles. The molecule has 0 atom stereocenters. The maximum Gasteiger partial charge on any atom is 0.189 e. The summed E-state index contributed by atoms with van der Waals surface area (Å²) in [5.41, 5.74) is 7.89. The van der Waals surface area contributed by atoms with Crippen molar-refractivity contribution in [2.75, 3.05) is 13.7 Å². The van der Waals surface area contributed by atoms with Crippen LogP contribution in [0.15, 0.2) is 35.3 Å². The molecule has 0 amide bonds. The van der Waals surface area contributed by atoms with Gasteiger partial charge in [-0.1, -0.05) is 18.2 Å². The minimum absolute atomic E-state index is 0. The van der Waals surface area contributed by atoms with Crippen molar-refractivity contribution in [2.24, 2.45) is 10.7 Å². The topological polar surface area (TPSA) is 68.9 Å². The first-order valence-corrected chi connectivity index (χ1v) is 8.10. The Morgan fingerprint density at radius 2 is 2.04 bits per heavy atom. The second-order valence-electron chi connectivity index (χ2n) is 6.02. The van der Waals surface area contributed by atoms with E-state index >= 15 is 0 Å². The highest BCUT2D eigenvalue weighted by Gasteiger charge is 2.18. The molecule has 1 aromatic carbocycles. The SMILES string of the molecule is C=C(C)CNC(N)=NCc1ccc(OC)c(OC2CCCC2)c1.I. The number of nitrogens with zero attached hydrogens (tertiary/aromatic N) is 1. The van der Waals surface area contributed by atoms with Crippen LogP contribution in [0.2, 0.25) is 0 Å². The summed E-state index contributed by atoms with van der Waals surface area (Å²) in [6, 6.07) is 5.90. The molecule has 0 heterocycles. The molecule has 0 saturated heterocycles. The molecule has 24 heavy (non-hydrogen) atoms. The molecule has 0 spiro atoms. The van der Waals surface area contributed by atoms with E-state index in [0.29, 0.717) is 25.2 Å². The van der Waals surface area contributed by atoms with Crippen molar-refractivity contribution in [2.45, 2.75) is 45.3 Å².